The van der Waals surface area contributed by atoms with Crippen molar-refractivity contribution >= 4 is 18.3 Å². The van der Waals surface area contributed by atoms with Gasteiger partial charge >= 0.3 is 0 Å². The Morgan fingerprint density at radius 3 is 2.54 bits per heavy atom. The molecular weight excluding hydrogens is 353 g/mol. The molecule has 1 aromatic rings. The first-order valence-electron chi connectivity index (χ1n) is 9.40. The molecule has 1 amide bonds. The molecule has 2 atom stereocenters. The van der Waals surface area contributed by atoms with Crippen molar-refractivity contribution in [3.05, 3.63) is 35.6 Å². The molecule has 0 spiro atoms. The van der Waals surface area contributed by atoms with Gasteiger partial charge in [0.15, 0.2) is 0 Å². The lowest BCUT2D eigenvalue weighted by atomic mass is 9.79. The normalized spacial score (nSPS) is 26.2. The molecule has 6 heteroatoms. The fourth-order valence-electron chi connectivity index (χ4n) is 4.06. The Morgan fingerprint density at radius 1 is 1.19 bits per heavy atom. The third kappa shape index (κ3) is 4.76. The number of rotatable bonds is 3. The van der Waals surface area contributed by atoms with Crippen LogP contribution in [0.2, 0.25) is 0 Å². The number of carbonyl (C=O) groups is 1. The minimum atomic E-state index is -0.220. The third-order valence-electron chi connectivity index (χ3n) is 5.82. The highest BCUT2D eigenvalue weighted by Crippen LogP contribution is 2.30. The molecule has 2 fully saturated rings. The molecule has 4 nitrogen and oxygen atoms in total. The highest BCUT2D eigenvalue weighted by atomic mass is 35.5. The lowest BCUT2D eigenvalue weighted by molar-refractivity contribution is -0.142. The Balaban J connectivity index is 0.00000243. The number of halogens is 2. The van der Waals surface area contributed by atoms with Gasteiger partial charge in [-0.15, -0.1) is 12.4 Å². The van der Waals surface area contributed by atoms with Gasteiger partial charge in [0.1, 0.15) is 5.82 Å². The van der Waals surface area contributed by atoms with Crippen molar-refractivity contribution in [2.75, 3.05) is 19.6 Å². The van der Waals surface area contributed by atoms with Gasteiger partial charge in [0.25, 0.3) is 0 Å². The van der Waals surface area contributed by atoms with E-state index in [0.717, 1.165) is 50.9 Å². The molecule has 2 aliphatic heterocycles. The summed E-state index contributed by atoms with van der Waals surface area (Å²) in [5, 5.41) is 0. The Kier molecular flexibility index (Phi) is 7.05. The molecule has 146 valence electrons. The predicted molar refractivity (Wildman–Crippen MR) is 105 cm³/mol. The summed E-state index contributed by atoms with van der Waals surface area (Å²) in [7, 11) is 0. The summed E-state index contributed by atoms with van der Waals surface area (Å²) in [6.07, 6.45) is 3.97. The number of likely N-dealkylation sites (tertiary alicyclic amines) is 2. The van der Waals surface area contributed by atoms with Crippen LogP contribution in [0.1, 0.15) is 45.1 Å². The lowest BCUT2D eigenvalue weighted by Crippen LogP contribution is -2.58. The Hall–Kier alpha value is -1.17. The summed E-state index contributed by atoms with van der Waals surface area (Å²) in [6, 6.07) is 6.69. The summed E-state index contributed by atoms with van der Waals surface area (Å²) >= 11 is 0. The van der Waals surface area contributed by atoms with Gasteiger partial charge in [-0.25, -0.2) is 4.39 Å². The van der Waals surface area contributed by atoms with E-state index in [1.54, 1.807) is 0 Å². The number of hydrogen-bond acceptors (Lipinski definition) is 3. The molecule has 2 aliphatic rings. The van der Waals surface area contributed by atoms with Crippen LogP contribution in [0.3, 0.4) is 0 Å². The van der Waals surface area contributed by atoms with E-state index in [2.05, 4.69) is 18.7 Å². The quantitative estimate of drug-likeness (QED) is 0.872. The first-order chi connectivity index (χ1) is 11.9. The van der Waals surface area contributed by atoms with E-state index in [-0.39, 0.29) is 41.6 Å². The monoisotopic (exact) mass is 383 g/mol. The van der Waals surface area contributed by atoms with E-state index in [1.807, 2.05) is 17.0 Å². The summed E-state index contributed by atoms with van der Waals surface area (Å²) in [5.41, 5.74) is 7.24. The van der Waals surface area contributed by atoms with E-state index in [9.17, 15) is 9.18 Å². The number of hydrogen-bond donors (Lipinski definition) is 1. The molecule has 0 radical (unpaired) electrons. The topological polar surface area (TPSA) is 49.6 Å². The van der Waals surface area contributed by atoms with Crippen LogP contribution < -0.4 is 5.73 Å². The number of carbonyl (C=O) groups excluding carboxylic acids is 1. The molecule has 2 heterocycles. The SMILES string of the molecule is CC1(C)CN(C(=O)C2CCCCN2Cc2ccc(F)cc2)CCC1N.Cl. The van der Waals surface area contributed by atoms with Gasteiger partial charge in [-0.1, -0.05) is 32.4 Å². The van der Waals surface area contributed by atoms with Gasteiger partial charge in [-0.05, 0) is 48.9 Å². The van der Waals surface area contributed by atoms with Crippen LogP contribution in [0.15, 0.2) is 24.3 Å². The van der Waals surface area contributed by atoms with Crippen LogP contribution in [-0.4, -0.2) is 47.4 Å². The molecule has 2 saturated heterocycles. The zero-order valence-corrected chi connectivity index (χ0v) is 16.6. The van der Waals surface area contributed by atoms with Crippen LogP contribution >= 0.6 is 12.4 Å². The molecule has 0 bridgehead atoms. The second-order valence-electron chi connectivity index (χ2n) is 8.25. The van der Waals surface area contributed by atoms with Crippen molar-refractivity contribution in [3.63, 3.8) is 0 Å². The zero-order chi connectivity index (χ0) is 18.0. The molecular formula is C20H31ClFN3O. The number of benzene rings is 1. The average molecular weight is 384 g/mol. The van der Waals surface area contributed by atoms with Crippen molar-refractivity contribution in [2.24, 2.45) is 11.1 Å². The van der Waals surface area contributed by atoms with Gasteiger partial charge in [0.05, 0.1) is 6.04 Å². The van der Waals surface area contributed by atoms with Crippen molar-refractivity contribution < 1.29 is 9.18 Å². The van der Waals surface area contributed by atoms with Crippen LogP contribution in [0.25, 0.3) is 0 Å². The smallest absolute Gasteiger partial charge is 0.239 e. The number of nitrogens with two attached hydrogens (primary N) is 1. The summed E-state index contributed by atoms with van der Waals surface area (Å²) in [4.78, 5) is 17.5. The second kappa shape index (κ2) is 8.68. The van der Waals surface area contributed by atoms with E-state index in [4.69, 9.17) is 5.73 Å². The Labute approximate surface area is 162 Å². The van der Waals surface area contributed by atoms with Crippen LogP contribution in [0.5, 0.6) is 0 Å². The van der Waals surface area contributed by atoms with E-state index < -0.39 is 0 Å². The molecule has 26 heavy (non-hydrogen) atoms. The maximum absolute atomic E-state index is 13.2. The van der Waals surface area contributed by atoms with Gasteiger partial charge in [0, 0.05) is 25.7 Å². The largest absolute Gasteiger partial charge is 0.341 e. The highest BCUT2D eigenvalue weighted by molar-refractivity contribution is 5.85. The van der Waals surface area contributed by atoms with Gasteiger partial charge in [0.2, 0.25) is 5.91 Å². The molecule has 0 aromatic heterocycles. The van der Waals surface area contributed by atoms with E-state index in [0.29, 0.717) is 6.54 Å². The number of amides is 1. The average Bonchev–Trinajstić information content (AvgIpc) is 2.59. The maximum Gasteiger partial charge on any atom is 0.239 e. The van der Waals surface area contributed by atoms with Crippen LogP contribution in [-0.2, 0) is 11.3 Å². The van der Waals surface area contributed by atoms with Gasteiger partial charge in [-0.3, -0.25) is 9.69 Å². The number of piperidine rings is 2. The van der Waals surface area contributed by atoms with Gasteiger partial charge in [-0.2, -0.15) is 0 Å². The van der Waals surface area contributed by atoms with Crippen molar-refractivity contribution in [1.82, 2.24) is 9.80 Å². The van der Waals surface area contributed by atoms with Crippen molar-refractivity contribution in [2.45, 2.75) is 58.2 Å². The standard InChI is InChI=1S/C20H30FN3O.ClH/c1-20(2)14-24(12-10-18(20)22)19(25)17-5-3-4-11-23(17)13-15-6-8-16(21)9-7-15;/h6-9,17-18H,3-5,10-14,22H2,1-2H3;1H. The minimum Gasteiger partial charge on any atom is -0.341 e. The summed E-state index contributed by atoms with van der Waals surface area (Å²) in [5.74, 6) is 0.0173. The Bertz CT molecular complexity index is 608. The zero-order valence-electron chi connectivity index (χ0n) is 15.8. The second-order valence-corrected chi connectivity index (χ2v) is 8.25. The fraction of sp³-hybridized carbons (Fsp3) is 0.650. The summed E-state index contributed by atoms with van der Waals surface area (Å²) in [6.45, 7) is 7.40. The first kappa shape index (κ1) is 21.1. The van der Waals surface area contributed by atoms with E-state index in [1.165, 1.54) is 12.1 Å². The predicted octanol–water partition coefficient (Wildman–Crippen LogP) is 3.19. The Morgan fingerprint density at radius 2 is 1.88 bits per heavy atom. The van der Waals surface area contributed by atoms with Crippen LogP contribution in [0, 0.1) is 11.2 Å². The fourth-order valence-corrected chi connectivity index (χ4v) is 4.06. The van der Waals surface area contributed by atoms with Crippen LogP contribution in [0.4, 0.5) is 4.39 Å². The minimum absolute atomic E-state index is 0. The summed E-state index contributed by atoms with van der Waals surface area (Å²) < 4.78 is 13.1. The van der Waals surface area contributed by atoms with Gasteiger partial charge < -0.3 is 10.6 Å². The molecule has 3 rings (SSSR count). The molecule has 0 saturated carbocycles. The third-order valence-corrected chi connectivity index (χ3v) is 5.82. The molecule has 2 unspecified atom stereocenters. The van der Waals surface area contributed by atoms with Crippen molar-refractivity contribution in [1.29, 1.82) is 0 Å². The molecule has 1 aromatic carbocycles. The van der Waals surface area contributed by atoms with Crippen molar-refractivity contribution in [3.8, 4) is 0 Å². The lowest BCUT2D eigenvalue weighted by Gasteiger charge is -2.45. The highest BCUT2D eigenvalue weighted by Gasteiger charge is 2.39. The van der Waals surface area contributed by atoms with E-state index >= 15 is 0 Å². The maximum atomic E-state index is 13.2. The first-order valence-corrected chi connectivity index (χ1v) is 9.40. The molecule has 2 N–H and O–H groups in total. The number of nitrogens with zero attached hydrogens (tertiary/aromatic N) is 2. The molecule has 0 aliphatic carbocycles.